The van der Waals surface area contributed by atoms with Crippen molar-refractivity contribution in [1.29, 1.82) is 0 Å². The van der Waals surface area contributed by atoms with E-state index >= 15 is 0 Å². The van der Waals surface area contributed by atoms with E-state index in [-0.39, 0.29) is 16.6 Å². The van der Waals surface area contributed by atoms with Gasteiger partial charge in [0.25, 0.3) is 0 Å². The van der Waals surface area contributed by atoms with E-state index in [1.54, 1.807) is 0 Å². The van der Waals surface area contributed by atoms with Gasteiger partial charge in [-0.05, 0) is 48.5 Å². The number of nitrogens with one attached hydrogen (secondary N) is 1. The second-order valence-electron chi connectivity index (χ2n) is 4.36. The molecular formula is C14H13BrN2O3S2. The number of carbonyl (C=O) groups excluding carboxylic acids is 1. The van der Waals surface area contributed by atoms with Crippen molar-refractivity contribution in [3.63, 3.8) is 0 Å². The number of hydrogen-bond acceptors (Lipinski definition) is 4. The minimum absolute atomic E-state index is 0.00902. The van der Waals surface area contributed by atoms with Crippen molar-refractivity contribution in [2.24, 2.45) is 5.14 Å². The maximum absolute atomic E-state index is 11.9. The zero-order valence-electron chi connectivity index (χ0n) is 11.3. The van der Waals surface area contributed by atoms with Crippen molar-refractivity contribution in [1.82, 2.24) is 0 Å². The Bertz CT molecular complexity index is 760. The zero-order valence-corrected chi connectivity index (χ0v) is 14.5. The minimum atomic E-state index is -3.72. The summed E-state index contributed by atoms with van der Waals surface area (Å²) in [7, 11) is -3.72. The number of carbonyl (C=O) groups is 1. The van der Waals surface area contributed by atoms with E-state index in [0.29, 0.717) is 5.69 Å². The number of amides is 1. The predicted octanol–water partition coefficient (Wildman–Crippen LogP) is 2.83. The highest BCUT2D eigenvalue weighted by Gasteiger charge is 2.08. The summed E-state index contributed by atoms with van der Waals surface area (Å²) in [5.74, 6) is 0.0924. The monoisotopic (exact) mass is 400 g/mol. The van der Waals surface area contributed by atoms with Gasteiger partial charge < -0.3 is 5.32 Å². The Morgan fingerprint density at radius 2 is 1.68 bits per heavy atom. The number of thioether (sulfide) groups is 1. The van der Waals surface area contributed by atoms with E-state index in [4.69, 9.17) is 5.14 Å². The number of halogens is 1. The van der Waals surface area contributed by atoms with Gasteiger partial charge in [-0.15, -0.1) is 11.8 Å². The van der Waals surface area contributed by atoms with Crippen molar-refractivity contribution in [2.45, 2.75) is 9.79 Å². The van der Waals surface area contributed by atoms with Crippen LogP contribution in [0, 0.1) is 0 Å². The van der Waals surface area contributed by atoms with Crippen LogP contribution in [0.25, 0.3) is 0 Å². The maximum Gasteiger partial charge on any atom is 0.238 e. The molecule has 3 N–H and O–H groups in total. The molecule has 2 aromatic carbocycles. The van der Waals surface area contributed by atoms with E-state index in [1.165, 1.54) is 36.0 Å². The maximum atomic E-state index is 11.9. The van der Waals surface area contributed by atoms with Crippen molar-refractivity contribution in [3.05, 3.63) is 53.0 Å². The third-order valence-electron chi connectivity index (χ3n) is 2.65. The lowest BCUT2D eigenvalue weighted by Crippen LogP contribution is -2.15. The molecule has 0 aromatic heterocycles. The molecule has 8 heteroatoms. The van der Waals surface area contributed by atoms with Crippen molar-refractivity contribution in [2.75, 3.05) is 11.1 Å². The van der Waals surface area contributed by atoms with Crippen molar-refractivity contribution < 1.29 is 13.2 Å². The Hall–Kier alpha value is -1.35. The second-order valence-corrected chi connectivity index (χ2v) is 7.89. The van der Waals surface area contributed by atoms with Gasteiger partial charge >= 0.3 is 0 Å². The highest BCUT2D eigenvalue weighted by atomic mass is 79.9. The molecule has 0 spiro atoms. The molecule has 0 saturated heterocycles. The quantitative estimate of drug-likeness (QED) is 0.754. The van der Waals surface area contributed by atoms with Gasteiger partial charge in [-0.25, -0.2) is 13.6 Å². The minimum Gasteiger partial charge on any atom is -0.325 e. The normalized spacial score (nSPS) is 11.2. The smallest absolute Gasteiger partial charge is 0.238 e. The van der Waals surface area contributed by atoms with E-state index in [0.717, 1.165) is 9.37 Å². The first-order chi connectivity index (χ1) is 10.3. The first kappa shape index (κ1) is 17.0. The van der Waals surface area contributed by atoms with Crippen LogP contribution < -0.4 is 10.5 Å². The largest absolute Gasteiger partial charge is 0.325 e. The van der Waals surface area contributed by atoms with Gasteiger partial charge in [0, 0.05) is 15.1 Å². The first-order valence-corrected chi connectivity index (χ1v) is 9.48. The summed E-state index contributed by atoms with van der Waals surface area (Å²) in [5.41, 5.74) is 0.522. The lowest BCUT2D eigenvalue weighted by molar-refractivity contribution is -0.113. The fourth-order valence-electron chi connectivity index (χ4n) is 1.60. The molecule has 0 aliphatic carbocycles. The number of anilines is 1. The van der Waals surface area contributed by atoms with Gasteiger partial charge in [-0.2, -0.15) is 0 Å². The Kier molecular flexibility index (Phi) is 5.63. The molecule has 0 aliphatic rings. The molecule has 0 heterocycles. The summed E-state index contributed by atoms with van der Waals surface area (Å²) >= 11 is 4.76. The van der Waals surface area contributed by atoms with E-state index in [2.05, 4.69) is 21.2 Å². The van der Waals surface area contributed by atoms with E-state index in [1.807, 2.05) is 24.3 Å². The highest BCUT2D eigenvalue weighted by molar-refractivity contribution is 9.10. The molecule has 5 nitrogen and oxygen atoms in total. The average Bonchev–Trinajstić information content (AvgIpc) is 2.46. The standard InChI is InChI=1S/C14H13BrN2O3S2/c15-10-1-5-12(6-2-10)21-9-14(18)17-11-3-7-13(8-4-11)22(16,19)20/h1-8H,9H2,(H,17,18)(H2,16,19,20). The topological polar surface area (TPSA) is 89.3 Å². The van der Waals surface area contributed by atoms with E-state index in [9.17, 15) is 13.2 Å². The number of benzene rings is 2. The number of sulfonamides is 1. The van der Waals surface area contributed by atoms with Crippen LogP contribution in [0.3, 0.4) is 0 Å². The molecule has 2 rings (SSSR count). The molecule has 0 saturated carbocycles. The van der Waals surface area contributed by atoms with Crippen molar-refractivity contribution >= 4 is 49.3 Å². The van der Waals surface area contributed by atoms with Gasteiger partial charge in [0.05, 0.1) is 10.6 Å². The van der Waals surface area contributed by atoms with Crippen LogP contribution in [0.4, 0.5) is 5.69 Å². The summed E-state index contributed by atoms with van der Waals surface area (Å²) in [6.07, 6.45) is 0. The molecule has 2 aromatic rings. The molecule has 116 valence electrons. The lowest BCUT2D eigenvalue weighted by Gasteiger charge is -2.06. The van der Waals surface area contributed by atoms with Crippen LogP contribution in [0.15, 0.2) is 62.8 Å². The Morgan fingerprint density at radius 1 is 1.09 bits per heavy atom. The lowest BCUT2D eigenvalue weighted by atomic mass is 10.3. The number of primary sulfonamides is 1. The number of nitrogens with two attached hydrogens (primary N) is 1. The highest BCUT2D eigenvalue weighted by Crippen LogP contribution is 2.21. The Balaban J connectivity index is 1.90. The predicted molar refractivity (Wildman–Crippen MR) is 91.3 cm³/mol. The summed E-state index contributed by atoms with van der Waals surface area (Å²) in [6.45, 7) is 0. The van der Waals surface area contributed by atoms with Gasteiger partial charge in [0.1, 0.15) is 0 Å². The third-order valence-corrected chi connectivity index (χ3v) is 5.12. The van der Waals surface area contributed by atoms with Crippen LogP contribution >= 0.6 is 27.7 Å². The van der Waals surface area contributed by atoms with Crippen LogP contribution in [-0.4, -0.2) is 20.1 Å². The zero-order chi connectivity index (χ0) is 16.2. The van der Waals surface area contributed by atoms with Crippen LogP contribution in [0.1, 0.15) is 0 Å². The molecular weight excluding hydrogens is 388 g/mol. The summed E-state index contributed by atoms with van der Waals surface area (Å²) in [5, 5.41) is 7.71. The molecule has 0 bridgehead atoms. The second kappa shape index (κ2) is 7.28. The Morgan fingerprint density at radius 3 is 2.23 bits per heavy atom. The molecule has 1 amide bonds. The number of hydrogen-bond donors (Lipinski definition) is 2. The number of rotatable bonds is 5. The molecule has 0 unspecified atom stereocenters. The van der Waals surface area contributed by atoms with Crippen LogP contribution in [0.5, 0.6) is 0 Å². The average molecular weight is 401 g/mol. The molecule has 0 radical (unpaired) electrons. The first-order valence-electron chi connectivity index (χ1n) is 6.16. The molecule has 0 fully saturated rings. The fraction of sp³-hybridized carbons (Fsp3) is 0.0714. The summed E-state index contributed by atoms with van der Waals surface area (Å²) in [4.78, 5) is 12.8. The van der Waals surface area contributed by atoms with Crippen LogP contribution in [0.2, 0.25) is 0 Å². The summed E-state index contributed by atoms with van der Waals surface area (Å²) in [6, 6.07) is 13.4. The van der Waals surface area contributed by atoms with Gasteiger partial charge in [0.2, 0.25) is 15.9 Å². The van der Waals surface area contributed by atoms with Gasteiger partial charge in [0.15, 0.2) is 0 Å². The Labute approximate surface area is 141 Å². The molecule has 0 atom stereocenters. The SMILES string of the molecule is NS(=O)(=O)c1ccc(NC(=O)CSc2ccc(Br)cc2)cc1. The van der Waals surface area contributed by atoms with Gasteiger partial charge in [-0.1, -0.05) is 15.9 Å². The molecule has 0 aliphatic heterocycles. The van der Waals surface area contributed by atoms with Gasteiger partial charge in [-0.3, -0.25) is 4.79 Å². The van der Waals surface area contributed by atoms with Crippen molar-refractivity contribution in [3.8, 4) is 0 Å². The fourth-order valence-corrected chi connectivity index (χ4v) is 3.08. The summed E-state index contributed by atoms with van der Waals surface area (Å²) < 4.78 is 23.2. The third kappa shape index (κ3) is 5.13. The van der Waals surface area contributed by atoms with Crippen LogP contribution in [-0.2, 0) is 14.8 Å². The van der Waals surface area contributed by atoms with E-state index < -0.39 is 10.0 Å². The molecule has 22 heavy (non-hydrogen) atoms.